The number of halogens is 3. The molecule has 6 nitrogen and oxygen atoms in total. The van der Waals surface area contributed by atoms with Gasteiger partial charge < -0.3 is 10.4 Å². The maximum atomic E-state index is 13.0. The summed E-state index contributed by atoms with van der Waals surface area (Å²) in [6.45, 7) is 3.39. The number of nitrogens with one attached hydrogen (secondary N) is 1. The van der Waals surface area contributed by atoms with Gasteiger partial charge in [-0.2, -0.15) is 13.2 Å². The summed E-state index contributed by atoms with van der Waals surface area (Å²) in [5, 5.41) is 22.2. The molecule has 1 aromatic heterocycles. The molecular weight excluding hydrogens is 481 g/mol. The minimum Gasteiger partial charge on any atom is -0.478 e. The number of rotatable bonds is 5. The summed E-state index contributed by atoms with van der Waals surface area (Å²) >= 11 is 0. The Bertz CT molecular complexity index is 1420. The molecule has 190 valence electrons. The lowest BCUT2D eigenvalue weighted by molar-refractivity contribution is -0.137. The van der Waals surface area contributed by atoms with Gasteiger partial charge in [0, 0.05) is 5.56 Å². The highest BCUT2D eigenvalue weighted by Gasteiger charge is 2.31. The van der Waals surface area contributed by atoms with Gasteiger partial charge in [0.25, 0.3) is 0 Å². The molecule has 0 radical (unpaired) electrons. The van der Waals surface area contributed by atoms with Crippen LogP contribution in [0.5, 0.6) is 0 Å². The van der Waals surface area contributed by atoms with Crippen LogP contribution in [0.3, 0.4) is 0 Å². The zero-order valence-electron chi connectivity index (χ0n) is 20.1. The quantitative estimate of drug-likeness (QED) is 0.342. The predicted octanol–water partition coefficient (Wildman–Crippen LogP) is 6.09. The summed E-state index contributed by atoms with van der Waals surface area (Å²) < 4.78 is 40.4. The van der Waals surface area contributed by atoms with Crippen LogP contribution in [-0.4, -0.2) is 39.2 Å². The van der Waals surface area contributed by atoms with E-state index in [-0.39, 0.29) is 11.5 Å². The van der Waals surface area contributed by atoms with Crippen LogP contribution in [0.4, 0.5) is 13.2 Å². The molecule has 0 amide bonds. The third-order valence-corrected chi connectivity index (χ3v) is 6.90. The van der Waals surface area contributed by atoms with E-state index in [2.05, 4.69) is 15.6 Å². The summed E-state index contributed by atoms with van der Waals surface area (Å²) in [7, 11) is 0. The van der Waals surface area contributed by atoms with Crippen LogP contribution in [0, 0.1) is 6.92 Å². The molecule has 1 aliphatic heterocycles. The highest BCUT2D eigenvalue weighted by Crippen LogP contribution is 2.41. The number of nitrogens with zero attached hydrogens (tertiary/aromatic N) is 3. The fourth-order valence-corrected chi connectivity index (χ4v) is 5.06. The average Bonchev–Trinajstić information content (AvgIpc) is 3.39. The van der Waals surface area contributed by atoms with Gasteiger partial charge in [0.1, 0.15) is 5.69 Å². The van der Waals surface area contributed by atoms with Crippen molar-refractivity contribution in [3.8, 4) is 28.1 Å². The van der Waals surface area contributed by atoms with Crippen LogP contribution < -0.4 is 5.32 Å². The van der Waals surface area contributed by atoms with Crippen LogP contribution in [0.2, 0.25) is 0 Å². The van der Waals surface area contributed by atoms with Gasteiger partial charge in [0.15, 0.2) is 0 Å². The number of carbonyl (C=O) groups is 1. The fraction of sp³-hybridized carbons (Fsp3) is 0.250. The van der Waals surface area contributed by atoms with Crippen molar-refractivity contribution in [2.24, 2.45) is 0 Å². The van der Waals surface area contributed by atoms with Crippen LogP contribution in [0.25, 0.3) is 28.1 Å². The Morgan fingerprint density at radius 1 is 1.03 bits per heavy atom. The van der Waals surface area contributed by atoms with Crippen LogP contribution >= 0.6 is 0 Å². The molecule has 3 aromatic carbocycles. The molecule has 5 rings (SSSR count). The van der Waals surface area contributed by atoms with Crippen molar-refractivity contribution in [1.82, 2.24) is 20.3 Å². The molecule has 9 heteroatoms. The van der Waals surface area contributed by atoms with Crippen molar-refractivity contribution in [2.75, 3.05) is 13.1 Å². The van der Waals surface area contributed by atoms with Crippen molar-refractivity contribution in [1.29, 1.82) is 0 Å². The molecule has 0 unspecified atom stereocenters. The SMILES string of the molecule is Cc1c(-c2ccccc2)cc(-c2cn(-c3ccc(C(F)(F)F)cc3)nn2)c(C2CCNCC2)c1C(=O)O. The van der Waals surface area contributed by atoms with Gasteiger partial charge in [-0.15, -0.1) is 5.10 Å². The Morgan fingerprint density at radius 3 is 2.32 bits per heavy atom. The van der Waals surface area contributed by atoms with Gasteiger partial charge in [-0.1, -0.05) is 35.5 Å². The molecule has 1 aliphatic rings. The average molecular weight is 507 g/mol. The molecule has 1 saturated heterocycles. The summed E-state index contributed by atoms with van der Waals surface area (Å²) in [4.78, 5) is 12.6. The largest absolute Gasteiger partial charge is 0.478 e. The second-order valence-corrected chi connectivity index (χ2v) is 9.17. The lowest BCUT2D eigenvalue weighted by Crippen LogP contribution is -2.28. The lowest BCUT2D eigenvalue weighted by atomic mass is 9.79. The van der Waals surface area contributed by atoms with E-state index in [4.69, 9.17) is 0 Å². The summed E-state index contributed by atoms with van der Waals surface area (Å²) in [5.41, 5.74) is 4.17. The second kappa shape index (κ2) is 9.82. The van der Waals surface area contributed by atoms with E-state index in [0.29, 0.717) is 22.5 Å². The standard InChI is InChI=1S/C28H25F3N4O2/c1-17-22(18-5-3-2-4-6-18)15-23(26(25(17)27(36)37)19-11-13-32-14-12-19)24-16-35(34-33-24)21-9-7-20(8-10-21)28(29,30)31/h2-10,15-16,19,32H,11-14H2,1H3,(H,36,37). The molecule has 2 heterocycles. The normalized spacial score (nSPS) is 14.6. The smallest absolute Gasteiger partial charge is 0.416 e. The first-order valence-corrected chi connectivity index (χ1v) is 12.0. The molecule has 37 heavy (non-hydrogen) atoms. The molecule has 0 atom stereocenters. The van der Waals surface area contributed by atoms with Gasteiger partial charge in [-0.05, 0) is 91.4 Å². The third-order valence-electron chi connectivity index (χ3n) is 6.90. The van der Waals surface area contributed by atoms with E-state index in [1.807, 2.05) is 43.3 Å². The Morgan fingerprint density at radius 2 is 1.70 bits per heavy atom. The number of alkyl halides is 3. The Hall–Kier alpha value is -3.98. The van der Waals surface area contributed by atoms with Crippen LogP contribution in [0.15, 0.2) is 66.9 Å². The van der Waals surface area contributed by atoms with Crippen molar-refractivity contribution < 1.29 is 23.1 Å². The van der Waals surface area contributed by atoms with E-state index in [1.165, 1.54) is 16.8 Å². The van der Waals surface area contributed by atoms with Gasteiger partial charge in [-0.25, -0.2) is 9.48 Å². The van der Waals surface area contributed by atoms with Crippen molar-refractivity contribution >= 4 is 5.97 Å². The predicted molar refractivity (Wildman–Crippen MR) is 134 cm³/mol. The van der Waals surface area contributed by atoms with Gasteiger partial charge in [0.2, 0.25) is 0 Å². The summed E-state index contributed by atoms with van der Waals surface area (Å²) in [6.07, 6.45) is -1.23. The molecule has 0 spiro atoms. The Labute approximate surface area is 211 Å². The van der Waals surface area contributed by atoms with Crippen molar-refractivity contribution in [3.05, 3.63) is 89.1 Å². The number of aromatic nitrogens is 3. The highest BCUT2D eigenvalue weighted by atomic mass is 19.4. The monoisotopic (exact) mass is 506 g/mol. The Kier molecular flexibility index (Phi) is 6.55. The first-order chi connectivity index (χ1) is 17.7. The maximum absolute atomic E-state index is 13.0. The van der Waals surface area contributed by atoms with Crippen LogP contribution in [0.1, 0.15) is 45.8 Å². The molecule has 1 fully saturated rings. The van der Waals surface area contributed by atoms with Gasteiger partial charge in [-0.3, -0.25) is 0 Å². The number of carboxylic acids is 1. The Balaban J connectivity index is 1.68. The van der Waals surface area contributed by atoms with Crippen molar-refractivity contribution in [2.45, 2.75) is 31.9 Å². The van der Waals surface area contributed by atoms with E-state index < -0.39 is 17.7 Å². The van der Waals surface area contributed by atoms with E-state index in [1.54, 1.807) is 6.20 Å². The number of hydrogen-bond donors (Lipinski definition) is 2. The number of piperidine rings is 1. The molecule has 4 aromatic rings. The minimum atomic E-state index is -4.43. The van der Waals surface area contributed by atoms with Crippen LogP contribution in [-0.2, 0) is 6.18 Å². The maximum Gasteiger partial charge on any atom is 0.416 e. The number of carboxylic acid groups (broad SMARTS) is 1. The first-order valence-electron chi connectivity index (χ1n) is 12.0. The third kappa shape index (κ3) is 4.86. The molecule has 0 saturated carbocycles. The number of aromatic carboxylic acids is 1. The van der Waals surface area contributed by atoms with E-state index >= 15 is 0 Å². The zero-order chi connectivity index (χ0) is 26.2. The molecular formula is C28H25F3N4O2. The highest BCUT2D eigenvalue weighted by molar-refractivity contribution is 5.97. The zero-order valence-corrected chi connectivity index (χ0v) is 20.1. The van der Waals surface area contributed by atoms with Gasteiger partial charge >= 0.3 is 12.1 Å². The summed E-state index contributed by atoms with van der Waals surface area (Å²) in [6, 6.07) is 16.2. The number of hydrogen-bond acceptors (Lipinski definition) is 4. The second-order valence-electron chi connectivity index (χ2n) is 9.17. The summed E-state index contributed by atoms with van der Waals surface area (Å²) in [5.74, 6) is -0.984. The van der Waals surface area contributed by atoms with E-state index in [0.717, 1.165) is 54.8 Å². The van der Waals surface area contributed by atoms with Crippen molar-refractivity contribution in [3.63, 3.8) is 0 Å². The van der Waals surface area contributed by atoms with E-state index in [9.17, 15) is 23.1 Å². The topological polar surface area (TPSA) is 80.0 Å². The molecule has 0 bridgehead atoms. The molecule has 2 N–H and O–H groups in total. The first kappa shape index (κ1) is 24.7. The lowest BCUT2D eigenvalue weighted by Gasteiger charge is -2.28. The molecule has 0 aliphatic carbocycles. The number of benzene rings is 3. The fourth-order valence-electron chi connectivity index (χ4n) is 5.06. The minimum absolute atomic E-state index is 0.0158. The van der Waals surface area contributed by atoms with Gasteiger partial charge in [0.05, 0.1) is 23.0 Å².